The molecule has 8 nitrogen and oxygen atoms in total. The molecular formula is C13H21BrN4O4. The number of halogens is 1. The van der Waals surface area contributed by atoms with Crippen LogP contribution >= 0.6 is 15.9 Å². The Morgan fingerprint density at radius 3 is 2.77 bits per heavy atom. The smallest absolute Gasteiger partial charge is 0.410 e. The first-order valence-corrected chi connectivity index (χ1v) is 7.80. The number of nitrogens with zero attached hydrogens (tertiary/aromatic N) is 4. The minimum atomic E-state index is -0.984. The zero-order valence-corrected chi connectivity index (χ0v) is 14.7. The van der Waals surface area contributed by atoms with Gasteiger partial charge in [0.15, 0.2) is 4.60 Å². The van der Waals surface area contributed by atoms with Crippen LogP contribution in [0.1, 0.15) is 32.6 Å². The molecule has 2 unspecified atom stereocenters. The number of hydrogen-bond acceptors (Lipinski definition) is 6. The van der Waals surface area contributed by atoms with Crippen LogP contribution in [-0.2, 0) is 16.5 Å². The van der Waals surface area contributed by atoms with Gasteiger partial charge in [-0.1, -0.05) is 5.21 Å². The van der Waals surface area contributed by atoms with Crippen LogP contribution in [0, 0.1) is 0 Å². The van der Waals surface area contributed by atoms with E-state index in [1.807, 2.05) is 0 Å². The third-order valence-corrected chi connectivity index (χ3v) is 3.83. The molecule has 124 valence electrons. The van der Waals surface area contributed by atoms with Crippen molar-refractivity contribution in [2.75, 3.05) is 19.8 Å². The van der Waals surface area contributed by atoms with Gasteiger partial charge >= 0.3 is 6.09 Å². The van der Waals surface area contributed by atoms with E-state index in [-0.39, 0.29) is 6.61 Å². The van der Waals surface area contributed by atoms with Crippen molar-refractivity contribution in [3.8, 4) is 0 Å². The third-order valence-electron chi connectivity index (χ3n) is 3.26. The molecule has 1 amide bonds. The Kier molecular flexibility index (Phi) is 5.08. The van der Waals surface area contributed by atoms with Crippen LogP contribution in [0.5, 0.6) is 0 Å². The second-order valence-corrected chi connectivity index (χ2v) is 6.90. The van der Waals surface area contributed by atoms with E-state index in [0.717, 1.165) is 0 Å². The van der Waals surface area contributed by atoms with Crippen molar-refractivity contribution in [3.05, 3.63) is 10.3 Å². The Labute approximate surface area is 137 Å². The number of aryl methyl sites for hydroxylation is 1. The Morgan fingerprint density at radius 2 is 2.23 bits per heavy atom. The van der Waals surface area contributed by atoms with Crippen LogP contribution in [0.25, 0.3) is 0 Å². The predicted molar refractivity (Wildman–Crippen MR) is 81.2 cm³/mol. The Morgan fingerprint density at radius 1 is 1.55 bits per heavy atom. The van der Waals surface area contributed by atoms with Crippen LogP contribution < -0.4 is 0 Å². The maximum atomic E-state index is 12.4. The summed E-state index contributed by atoms with van der Waals surface area (Å²) in [5.74, 6) is 0. The molecule has 1 aliphatic heterocycles. The first kappa shape index (κ1) is 17.2. The average Bonchev–Trinajstić information content (AvgIpc) is 2.75. The molecule has 2 heterocycles. The summed E-state index contributed by atoms with van der Waals surface area (Å²) in [6.07, 6.45) is -1.45. The van der Waals surface area contributed by atoms with E-state index in [2.05, 4.69) is 26.2 Å². The molecule has 0 spiro atoms. The van der Waals surface area contributed by atoms with Gasteiger partial charge in [0.05, 0.1) is 19.3 Å². The maximum absolute atomic E-state index is 12.4. The van der Waals surface area contributed by atoms with Crippen molar-refractivity contribution in [2.45, 2.75) is 38.5 Å². The van der Waals surface area contributed by atoms with Gasteiger partial charge < -0.3 is 14.6 Å². The summed E-state index contributed by atoms with van der Waals surface area (Å²) in [6, 6.07) is -0.558. The van der Waals surface area contributed by atoms with Gasteiger partial charge in [-0.2, -0.15) is 0 Å². The summed E-state index contributed by atoms with van der Waals surface area (Å²) >= 11 is 3.26. The molecule has 1 saturated heterocycles. The van der Waals surface area contributed by atoms with Gasteiger partial charge in [-0.3, -0.25) is 4.90 Å². The largest absolute Gasteiger partial charge is 0.444 e. The molecule has 1 fully saturated rings. The number of aliphatic hydroxyl groups is 1. The summed E-state index contributed by atoms with van der Waals surface area (Å²) in [4.78, 5) is 13.9. The molecule has 0 saturated carbocycles. The molecule has 1 aliphatic rings. The lowest BCUT2D eigenvalue weighted by atomic mass is 10.1. The molecular weight excluding hydrogens is 356 g/mol. The van der Waals surface area contributed by atoms with Crippen molar-refractivity contribution in [1.29, 1.82) is 0 Å². The minimum Gasteiger partial charge on any atom is -0.444 e. The van der Waals surface area contributed by atoms with E-state index in [1.165, 1.54) is 9.58 Å². The minimum absolute atomic E-state index is 0.220. The quantitative estimate of drug-likeness (QED) is 0.835. The zero-order valence-electron chi connectivity index (χ0n) is 13.1. The Bertz CT molecular complexity index is 523. The second kappa shape index (κ2) is 6.51. The lowest BCUT2D eigenvalue weighted by Crippen LogP contribution is -2.53. The second-order valence-electron chi connectivity index (χ2n) is 6.15. The van der Waals surface area contributed by atoms with Gasteiger partial charge in [0.25, 0.3) is 0 Å². The summed E-state index contributed by atoms with van der Waals surface area (Å²) in [6.45, 7) is 6.40. The number of aromatic nitrogens is 3. The molecule has 1 aromatic rings. The van der Waals surface area contributed by atoms with Crippen molar-refractivity contribution < 1.29 is 19.4 Å². The number of morpholine rings is 1. The number of amides is 1. The summed E-state index contributed by atoms with van der Waals surface area (Å²) in [7, 11) is 1.68. The van der Waals surface area contributed by atoms with Crippen molar-refractivity contribution >= 4 is 22.0 Å². The van der Waals surface area contributed by atoms with E-state index in [1.54, 1.807) is 27.8 Å². The molecule has 0 radical (unpaired) electrons. The van der Waals surface area contributed by atoms with Crippen LogP contribution in [0.4, 0.5) is 4.79 Å². The highest BCUT2D eigenvalue weighted by Gasteiger charge is 2.38. The SMILES string of the molecule is Cn1nnc(Br)c1C(O)C1COCCN1C(=O)OC(C)(C)C. The molecule has 2 rings (SSSR count). The van der Waals surface area contributed by atoms with E-state index in [4.69, 9.17) is 9.47 Å². The zero-order chi connectivity index (χ0) is 16.5. The van der Waals surface area contributed by atoms with Gasteiger partial charge in [-0.05, 0) is 36.7 Å². The number of ether oxygens (including phenoxy) is 2. The predicted octanol–water partition coefficient (Wildman–Crippen LogP) is 1.25. The van der Waals surface area contributed by atoms with Gasteiger partial charge in [0.1, 0.15) is 17.4 Å². The van der Waals surface area contributed by atoms with E-state index < -0.39 is 23.8 Å². The highest BCUT2D eigenvalue weighted by atomic mass is 79.9. The van der Waals surface area contributed by atoms with E-state index in [0.29, 0.717) is 23.4 Å². The monoisotopic (exact) mass is 376 g/mol. The number of aliphatic hydroxyl groups excluding tert-OH is 1. The average molecular weight is 377 g/mol. The molecule has 0 bridgehead atoms. The van der Waals surface area contributed by atoms with Crippen LogP contribution in [-0.4, -0.2) is 62.5 Å². The van der Waals surface area contributed by atoms with Crippen molar-refractivity contribution in [2.24, 2.45) is 7.05 Å². The standard InChI is InChI=1S/C13H21BrN4O4/c1-13(2,3)22-12(20)18-5-6-21-7-8(18)10(19)9-11(14)15-16-17(9)4/h8,10,19H,5-7H2,1-4H3. The van der Waals surface area contributed by atoms with Crippen LogP contribution in [0.2, 0.25) is 0 Å². The number of rotatable bonds is 2. The Hall–Kier alpha value is -1.19. The number of carbonyl (C=O) groups excluding carboxylic acids is 1. The summed E-state index contributed by atoms with van der Waals surface area (Å²) in [5.41, 5.74) is -0.108. The lowest BCUT2D eigenvalue weighted by molar-refractivity contribution is -0.0689. The van der Waals surface area contributed by atoms with E-state index >= 15 is 0 Å². The third kappa shape index (κ3) is 3.76. The summed E-state index contributed by atoms with van der Waals surface area (Å²) < 4.78 is 12.7. The summed E-state index contributed by atoms with van der Waals surface area (Å²) in [5, 5.41) is 18.4. The normalized spacial score (nSPS) is 20.8. The van der Waals surface area contributed by atoms with Gasteiger partial charge in [-0.25, -0.2) is 9.48 Å². The van der Waals surface area contributed by atoms with Crippen molar-refractivity contribution in [3.63, 3.8) is 0 Å². The first-order chi connectivity index (χ1) is 10.2. The number of carbonyl (C=O) groups is 1. The van der Waals surface area contributed by atoms with Gasteiger partial charge in [-0.15, -0.1) is 5.10 Å². The van der Waals surface area contributed by atoms with Crippen molar-refractivity contribution in [1.82, 2.24) is 19.9 Å². The molecule has 1 aromatic heterocycles. The molecule has 0 aromatic carbocycles. The lowest BCUT2D eigenvalue weighted by Gasteiger charge is -2.38. The van der Waals surface area contributed by atoms with E-state index in [9.17, 15) is 9.90 Å². The van der Waals surface area contributed by atoms with Gasteiger partial charge in [0, 0.05) is 13.6 Å². The molecule has 9 heteroatoms. The fourth-order valence-corrected chi connectivity index (χ4v) is 2.83. The topological polar surface area (TPSA) is 89.7 Å². The molecule has 2 atom stereocenters. The molecule has 0 aliphatic carbocycles. The number of hydrogen-bond donors (Lipinski definition) is 1. The maximum Gasteiger partial charge on any atom is 0.410 e. The molecule has 22 heavy (non-hydrogen) atoms. The first-order valence-electron chi connectivity index (χ1n) is 7.01. The highest BCUT2D eigenvalue weighted by molar-refractivity contribution is 9.10. The Balaban J connectivity index is 2.21. The highest BCUT2D eigenvalue weighted by Crippen LogP contribution is 2.28. The van der Waals surface area contributed by atoms with Gasteiger partial charge in [0.2, 0.25) is 0 Å². The fourth-order valence-electron chi connectivity index (χ4n) is 2.27. The van der Waals surface area contributed by atoms with Crippen LogP contribution in [0.3, 0.4) is 0 Å². The fraction of sp³-hybridized carbons (Fsp3) is 0.769. The molecule has 1 N–H and O–H groups in total. The van der Waals surface area contributed by atoms with Crippen LogP contribution in [0.15, 0.2) is 4.60 Å².